The second kappa shape index (κ2) is 9.16. The first-order valence-corrected chi connectivity index (χ1v) is 10.9. The molecule has 1 aliphatic rings. The second-order valence-electron chi connectivity index (χ2n) is 7.08. The minimum atomic E-state index is -4.85. The number of benzene rings is 2. The van der Waals surface area contributed by atoms with Crippen LogP contribution in [0.2, 0.25) is 0 Å². The predicted octanol–water partition coefficient (Wildman–Crippen LogP) is 4.75. The first-order valence-electron chi connectivity index (χ1n) is 9.37. The standard InChI is InChI=1S/C20H18F4N2O4S.ClH/c21-15-11-25-7-5-16(15)30-17-10-13(9-12-6-8-29-19(12)17)26-31(27,28)18-4-2-1-3-14(18)20(22,23)24;/h1-4,6,8-10,15-16,25-26H,5,7,11H2;1H/t15-,16+;/m0./s1. The molecule has 2 N–H and O–H groups in total. The van der Waals surface area contributed by atoms with Gasteiger partial charge in [0.1, 0.15) is 12.3 Å². The van der Waals surface area contributed by atoms with Gasteiger partial charge < -0.3 is 14.5 Å². The first-order chi connectivity index (χ1) is 14.6. The highest BCUT2D eigenvalue weighted by atomic mass is 35.5. The Morgan fingerprint density at radius 1 is 1.16 bits per heavy atom. The van der Waals surface area contributed by atoms with E-state index in [0.717, 1.165) is 12.1 Å². The summed E-state index contributed by atoms with van der Waals surface area (Å²) in [5.74, 6) is 0.0962. The van der Waals surface area contributed by atoms with Crippen LogP contribution in [0.3, 0.4) is 0 Å². The molecule has 1 fully saturated rings. The maximum Gasteiger partial charge on any atom is 0.417 e. The van der Waals surface area contributed by atoms with Crippen molar-refractivity contribution in [1.82, 2.24) is 5.32 Å². The summed E-state index contributed by atoms with van der Waals surface area (Å²) < 4.78 is 92.8. The maximum absolute atomic E-state index is 14.2. The molecule has 2 heterocycles. The van der Waals surface area contributed by atoms with Gasteiger partial charge in [0, 0.05) is 18.0 Å². The van der Waals surface area contributed by atoms with Gasteiger partial charge in [0.05, 0.1) is 22.4 Å². The molecule has 0 amide bonds. The third-order valence-corrected chi connectivity index (χ3v) is 6.32. The van der Waals surface area contributed by atoms with Crippen molar-refractivity contribution in [3.05, 3.63) is 54.3 Å². The van der Waals surface area contributed by atoms with Crippen LogP contribution in [-0.2, 0) is 16.2 Å². The Labute approximate surface area is 187 Å². The Balaban J connectivity index is 0.00000289. The van der Waals surface area contributed by atoms with E-state index in [2.05, 4.69) is 10.0 Å². The van der Waals surface area contributed by atoms with E-state index in [-0.39, 0.29) is 36.0 Å². The van der Waals surface area contributed by atoms with E-state index in [1.807, 2.05) is 0 Å². The molecular weight excluding hydrogens is 476 g/mol. The summed E-state index contributed by atoms with van der Waals surface area (Å²) in [5.41, 5.74) is -1.03. The average Bonchev–Trinajstić information content (AvgIpc) is 3.18. The molecule has 0 bridgehead atoms. The van der Waals surface area contributed by atoms with Crippen LogP contribution >= 0.6 is 12.4 Å². The van der Waals surface area contributed by atoms with Gasteiger partial charge in [-0.3, -0.25) is 4.72 Å². The van der Waals surface area contributed by atoms with E-state index < -0.39 is 38.9 Å². The number of nitrogens with one attached hydrogen (secondary N) is 2. The number of rotatable bonds is 5. The number of halogens is 5. The van der Waals surface area contributed by atoms with Crippen molar-refractivity contribution in [2.45, 2.75) is 29.8 Å². The third-order valence-electron chi connectivity index (χ3n) is 4.88. The monoisotopic (exact) mass is 494 g/mol. The lowest BCUT2D eigenvalue weighted by Gasteiger charge is -2.27. The van der Waals surface area contributed by atoms with E-state index in [1.54, 1.807) is 6.07 Å². The fourth-order valence-corrected chi connectivity index (χ4v) is 4.70. The van der Waals surface area contributed by atoms with Gasteiger partial charge in [-0.05, 0) is 37.2 Å². The molecule has 1 aromatic heterocycles. The van der Waals surface area contributed by atoms with Gasteiger partial charge in [0.15, 0.2) is 11.3 Å². The van der Waals surface area contributed by atoms with Crippen molar-refractivity contribution >= 4 is 39.1 Å². The predicted molar refractivity (Wildman–Crippen MR) is 113 cm³/mol. The lowest BCUT2D eigenvalue weighted by Crippen LogP contribution is -2.44. The molecule has 0 spiro atoms. The Bertz CT molecular complexity index is 1200. The zero-order valence-corrected chi connectivity index (χ0v) is 18.0. The molecule has 6 nitrogen and oxygen atoms in total. The van der Waals surface area contributed by atoms with E-state index in [4.69, 9.17) is 9.15 Å². The number of sulfonamides is 1. The highest BCUT2D eigenvalue weighted by Gasteiger charge is 2.37. The molecule has 3 aromatic rings. The quantitative estimate of drug-likeness (QED) is 0.500. The van der Waals surface area contributed by atoms with E-state index in [1.165, 1.54) is 24.5 Å². The summed E-state index contributed by atoms with van der Waals surface area (Å²) in [6.45, 7) is 0.666. The lowest BCUT2D eigenvalue weighted by molar-refractivity contribution is -0.139. The van der Waals surface area contributed by atoms with Crippen molar-refractivity contribution in [2.75, 3.05) is 17.8 Å². The normalized spacial score (nSPS) is 19.4. The molecule has 174 valence electrons. The lowest BCUT2D eigenvalue weighted by atomic mass is 10.1. The summed E-state index contributed by atoms with van der Waals surface area (Å²) in [4.78, 5) is -0.903. The number of piperidine rings is 1. The molecule has 1 saturated heterocycles. The molecule has 2 aromatic carbocycles. The van der Waals surface area contributed by atoms with Crippen LogP contribution in [0.1, 0.15) is 12.0 Å². The number of furan rings is 1. The van der Waals surface area contributed by atoms with Gasteiger partial charge in [-0.15, -0.1) is 12.4 Å². The molecule has 0 saturated carbocycles. The van der Waals surface area contributed by atoms with Crippen molar-refractivity contribution in [2.24, 2.45) is 0 Å². The summed E-state index contributed by atoms with van der Waals surface area (Å²) in [7, 11) is -4.58. The summed E-state index contributed by atoms with van der Waals surface area (Å²) in [6, 6.07) is 8.10. The molecule has 32 heavy (non-hydrogen) atoms. The second-order valence-corrected chi connectivity index (χ2v) is 8.73. The Morgan fingerprint density at radius 2 is 1.91 bits per heavy atom. The molecule has 0 aliphatic carbocycles. The van der Waals surface area contributed by atoms with Crippen molar-refractivity contribution in [1.29, 1.82) is 0 Å². The van der Waals surface area contributed by atoms with Gasteiger partial charge in [0.2, 0.25) is 0 Å². The minimum Gasteiger partial charge on any atom is -0.483 e. The molecular formula is C20H19ClF4N2O4S. The summed E-state index contributed by atoms with van der Waals surface area (Å²) in [6.07, 6.45) is -5.16. The molecule has 0 unspecified atom stereocenters. The van der Waals surface area contributed by atoms with E-state index >= 15 is 0 Å². The van der Waals surface area contributed by atoms with Crippen LogP contribution in [0.5, 0.6) is 5.75 Å². The van der Waals surface area contributed by atoms with E-state index in [9.17, 15) is 26.0 Å². The number of fused-ring (bicyclic) bond motifs is 1. The molecule has 4 rings (SSSR count). The zero-order chi connectivity index (χ0) is 22.2. The first kappa shape index (κ1) is 24.1. The minimum absolute atomic E-state index is 0. The van der Waals surface area contributed by atoms with Crippen molar-refractivity contribution < 1.29 is 35.1 Å². The van der Waals surface area contributed by atoms with Gasteiger partial charge >= 0.3 is 6.18 Å². The van der Waals surface area contributed by atoms with Crippen molar-refractivity contribution in [3.63, 3.8) is 0 Å². The van der Waals surface area contributed by atoms with Gasteiger partial charge in [-0.25, -0.2) is 12.8 Å². The number of ether oxygens (including phenoxy) is 1. The van der Waals surface area contributed by atoms with Crippen LogP contribution in [0.4, 0.5) is 23.2 Å². The molecule has 2 atom stereocenters. The highest BCUT2D eigenvalue weighted by molar-refractivity contribution is 7.92. The number of hydrogen-bond acceptors (Lipinski definition) is 5. The Kier molecular flexibility index (Phi) is 6.91. The number of anilines is 1. The Hall–Kier alpha value is -2.50. The number of hydrogen-bond donors (Lipinski definition) is 2. The third kappa shape index (κ3) is 4.94. The number of alkyl halides is 4. The largest absolute Gasteiger partial charge is 0.483 e. The van der Waals surface area contributed by atoms with Gasteiger partial charge in [-0.1, -0.05) is 12.1 Å². The smallest absolute Gasteiger partial charge is 0.417 e. The van der Waals surface area contributed by atoms with Crippen molar-refractivity contribution in [3.8, 4) is 5.75 Å². The maximum atomic E-state index is 14.2. The highest BCUT2D eigenvalue weighted by Crippen LogP contribution is 2.36. The van der Waals surface area contributed by atoms with Crippen LogP contribution in [0.25, 0.3) is 11.0 Å². The van der Waals surface area contributed by atoms with Crippen LogP contribution in [0.15, 0.2) is 58.0 Å². The zero-order valence-electron chi connectivity index (χ0n) is 16.4. The van der Waals surface area contributed by atoms with Crippen LogP contribution in [-0.4, -0.2) is 33.8 Å². The van der Waals surface area contributed by atoms with Crippen LogP contribution in [0, 0.1) is 0 Å². The molecule has 0 radical (unpaired) electrons. The Morgan fingerprint density at radius 3 is 2.62 bits per heavy atom. The van der Waals surface area contributed by atoms with E-state index in [0.29, 0.717) is 24.4 Å². The fourth-order valence-electron chi connectivity index (χ4n) is 3.43. The molecule has 1 aliphatic heterocycles. The van der Waals surface area contributed by atoms with Gasteiger partial charge in [-0.2, -0.15) is 13.2 Å². The van der Waals surface area contributed by atoms with Gasteiger partial charge in [0.25, 0.3) is 10.0 Å². The summed E-state index contributed by atoms with van der Waals surface area (Å²) >= 11 is 0. The topological polar surface area (TPSA) is 80.6 Å². The SMILES string of the molecule is Cl.O=S(=O)(Nc1cc(O[C@@H]2CCNC[C@@H]2F)c2occc2c1)c1ccccc1C(F)(F)F. The molecule has 12 heteroatoms. The van der Waals surface area contributed by atoms with Crippen LogP contribution < -0.4 is 14.8 Å². The summed E-state index contributed by atoms with van der Waals surface area (Å²) in [5, 5.41) is 3.35. The average molecular weight is 495 g/mol. The fraction of sp³-hybridized carbons (Fsp3) is 0.300.